The van der Waals surface area contributed by atoms with Gasteiger partial charge in [-0.3, -0.25) is 0 Å². The minimum absolute atomic E-state index is 0.104. The van der Waals surface area contributed by atoms with Crippen LogP contribution >= 0.6 is 15.9 Å². The molecule has 0 aliphatic carbocycles. The van der Waals surface area contributed by atoms with Crippen molar-refractivity contribution < 1.29 is 0 Å². The Kier molecular flexibility index (Phi) is 3.78. The summed E-state index contributed by atoms with van der Waals surface area (Å²) in [5.74, 6) is 1.68. The van der Waals surface area contributed by atoms with E-state index in [1.165, 1.54) is 0 Å². The molecule has 0 aliphatic heterocycles. The van der Waals surface area contributed by atoms with Crippen LogP contribution in [-0.4, -0.2) is 14.8 Å². The molecule has 0 aliphatic rings. The number of nitrogens with zero attached hydrogens (tertiary/aromatic N) is 3. The van der Waals surface area contributed by atoms with Crippen molar-refractivity contribution in [3.8, 4) is 11.4 Å². The maximum absolute atomic E-state index is 5.77. The second-order valence-corrected chi connectivity index (χ2v) is 6.53. The van der Waals surface area contributed by atoms with Crippen LogP contribution in [-0.2, 0) is 12.1 Å². The van der Waals surface area contributed by atoms with Gasteiger partial charge in [-0.2, -0.15) is 0 Å². The van der Waals surface area contributed by atoms with E-state index in [0.29, 0.717) is 6.54 Å². The zero-order valence-corrected chi connectivity index (χ0v) is 13.3. The van der Waals surface area contributed by atoms with Gasteiger partial charge in [0.2, 0.25) is 0 Å². The number of hydrogen-bond donors (Lipinski definition) is 1. The minimum Gasteiger partial charge on any atom is -0.324 e. The molecule has 2 aromatic rings. The molecular weight excluding hydrogens is 304 g/mol. The second kappa shape index (κ2) is 5.06. The summed E-state index contributed by atoms with van der Waals surface area (Å²) < 4.78 is 3.18. The third-order valence-corrected chi connectivity index (χ3v) is 3.51. The number of rotatable bonds is 2. The fourth-order valence-corrected chi connectivity index (χ4v) is 2.68. The van der Waals surface area contributed by atoms with Gasteiger partial charge in [0.05, 0.1) is 6.54 Å². The quantitative estimate of drug-likeness (QED) is 0.923. The highest BCUT2D eigenvalue weighted by atomic mass is 79.9. The average molecular weight is 323 g/mol. The lowest BCUT2D eigenvalue weighted by Crippen LogP contribution is -2.26. The number of halogens is 1. The fraction of sp³-hybridized carbons (Fsp3) is 0.429. The van der Waals surface area contributed by atoms with Crippen molar-refractivity contribution in [1.29, 1.82) is 0 Å². The number of aryl methyl sites for hydroxylation is 1. The molecule has 2 N–H and O–H groups in total. The highest BCUT2D eigenvalue weighted by Gasteiger charge is 2.23. The van der Waals surface area contributed by atoms with E-state index in [1.807, 2.05) is 6.07 Å². The van der Waals surface area contributed by atoms with Gasteiger partial charge in [-0.15, -0.1) is 10.2 Å². The van der Waals surface area contributed by atoms with E-state index in [-0.39, 0.29) is 5.54 Å². The van der Waals surface area contributed by atoms with Gasteiger partial charge >= 0.3 is 0 Å². The van der Waals surface area contributed by atoms with Gasteiger partial charge in [-0.05, 0) is 51.5 Å². The van der Waals surface area contributed by atoms with Crippen molar-refractivity contribution in [3.05, 3.63) is 34.1 Å². The van der Waals surface area contributed by atoms with Crippen LogP contribution in [0.4, 0.5) is 0 Å². The summed E-state index contributed by atoms with van der Waals surface area (Å²) in [6.07, 6.45) is 0. The molecule has 102 valence electrons. The smallest absolute Gasteiger partial charge is 0.164 e. The number of hydrogen-bond acceptors (Lipinski definition) is 3. The van der Waals surface area contributed by atoms with Crippen molar-refractivity contribution in [1.82, 2.24) is 14.8 Å². The van der Waals surface area contributed by atoms with Crippen molar-refractivity contribution in [2.45, 2.75) is 39.8 Å². The molecule has 0 fully saturated rings. The molecular formula is C14H19BrN4. The topological polar surface area (TPSA) is 56.7 Å². The van der Waals surface area contributed by atoms with Crippen LogP contribution in [0.1, 0.15) is 32.2 Å². The maximum Gasteiger partial charge on any atom is 0.164 e. The molecule has 1 aromatic heterocycles. The summed E-state index contributed by atoms with van der Waals surface area (Å²) >= 11 is 3.48. The van der Waals surface area contributed by atoms with Gasteiger partial charge in [0, 0.05) is 15.6 Å². The van der Waals surface area contributed by atoms with Crippen molar-refractivity contribution in [3.63, 3.8) is 0 Å². The van der Waals surface area contributed by atoms with Crippen LogP contribution in [0.5, 0.6) is 0 Å². The molecule has 2 rings (SSSR count). The Labute approximate surface area is 122 Å². The number of aromatic nitrogens is 3. The molecule has 1 aromatic carbocycles. The van der Waals surface area contributed by atoms with Crippen LogP contribution in [0.2, 0.25) is 0 Å². The fourth-order valence-electron chi connectivity index (χ4n) is 2.21. The van der Waals surface area contributed by atoms with Crippen molar-refractivity contribution in [2.75, 3.05) is 0 Å². The Hall–Kier alpha value is -1.20. The van der Waals surface area contributed by atoms with E-state index in [4.69, 9.17) is 5.73 Å². The molecule has 5 heteroatoms. The first-order valence-corrected chi connectivity index (χ1v) is 7.05. The summed E-state index contributed by atoms with van der Waals surface area (Å²) in [5, 5.41) is 8.55. The van der Waals surface area contributed by atoms with Crippen molar-refractivity contribution in [2.24, 2.45) is 5.73 Å². The lowest BCUT2D eigenvalue weighted by atomic mass is 10.0. The Morgan fingerprint density at radius 2 is 1.95 bits per heavy atom. The molecule has 1 heterocycles. The molecule has 0 amide bonds. The van der Waals surface area contributed by atoms with Crippen LogP contribution in [0, 0.1) is 6.92 Å². The maximum atomic E-state index is 5.77. The van der Waals surface area contributed by atoms with Crippen LogP contribution in [0.25, 0.3) is 11.4 Å². The number of benzene rings is 1. The highest BCUT2D eigenvalue weighted by molar-refractivity contribution is 9.10. The monoisotopic (exact) mass is 322 g/mol. The zero-order chi connectivity index (χ0) is 14.2. The third kappa shape index (κ3) is 2.72. The molecule has 0 atom stereocenters. The predicted octanol–water partition coefficient (Wildman–Crippen LogP) is 3.23. The van der Waals surface area contributed by atoms with Crippen LogP contribution < -0.4 is 5.73 Å². The van der Waals surface area contributed by atoms with Gasteiger partial charge in [0.1, 0.15) is 5.82 Å². The second-order valence-electron chi connectivity index (χ2n) is 5.61. The first-order valence-electron chi connectivity index (χ1n) is 6.26. The van der Waals surface area contributed by atoms with Gasteiger partial charge in [0.25, 0.3) is 0 Å². The van der Waals surface area contributed by atoms with E-state index in [1.54, 1.807) is 0 Å². The summed E-state index contributed by atoms with van der Waals surface area (Å²) in [7, 11) is 0. The van der Waals surface area contributed by atoms with E-state index in [2.05, 4.69) is 70.5 Å². The van der Waals surface area contributed by atoms with Gasteiger partial charge in [-0.1, -0.05) is 15.9 Å². The minimum atomic E-state index is -0.104. The Morgan fingerprint density at radius 1 is 1.26 bits per heavy atom. The molecule has 0 unspecified atom stereocenters. The van der Waals surface area contributed by atoms with Crippen molar-refractivity contribution >= 4 is 15.9 Å². The first kappa shape index (κ1) is 14.2. The van der Waals surface area contributed by atoms with E-state index in [9.17, 15) is 0 Å². The molecule has 19 heavy (non-hydrogen) atoms. The van der Waals surface area contributed by atoms with E-state index >= 15 is 0 Å². The highest BCUT2D eigenvalue weighted by Crippen LogP contribution is 2.29. The lowest BCUT2D eigenvalue weighted by molar-refractivity contribution is 0.386. The Morgan fingerprint density at radius 3 is 2.47 bits per heavy atom. The molecule has 0 saturated carbocycles. The predicted molar refractivity (Wildman–Crippen MR) is 80.8 cm³/mol. The molecule has 0 spiro atoms. The van der Waals surface area contributed by atoms with Crippen LogP contribution in [0.15, 0.2) is 22.7 Å². The van der Waals surface area contributed by atoms with E-state index in [0.717, 1.165) is 27.2 Å². The van der Waals surface area contributed by atoms with Gasteiger partial charge in [-0.25, -0.2) is 0 Å². The zero-order valence-electron chi connectivity index (χ0n) is 11.7. The summed E-state index contributed by atoms with van der Waals surface area (Å²) in [4.78, 5) is 0. The van der Waals surface area contributed by atoms with E-state index < -0.39 is 0 Å². The molecule has 4 nitrogen and oxygen atoms in total. The van der Waals surface area contributed by atoms with Crippen LogP contribution in [0.3, 0.4) is 0 Å². The molecule has 0 saturated heterocycles. The standard InChI is InChI=1S/C14H19BrN4/c1-9-7-10(15)5-6-11(9)13-18-17-12(8-16)19(13)14(2,3)4/h5-7H,8,16H2,1-4H3. The number of nitrogens with two attached hydrogens (primary N) is 1. The largest absolute Gasteiger partial charge is 0.324 e. The molecule has 0 radical (unpaired) electrons. The lowest BCUT2D eigenvalue weighted by Gasteiger charge is -2.25. The average Bonchev–Trinajstić information content (AvgIpc) is 2.72. The van der Waals surface area contributed by atoms with Gasteiger partial charge in [0.15, 0.2) is 5.82 Å². The third-order valence-electron chi connectivity index (χ3n) is 3.01. The SMILES string of the molecule is Cc1cc(Br)ccc1-c1nnc(CN)n1C(C)(C)C. The summed E-state index contributed by atoms with van der Waals surface area (Å²) in [5.41, 5.74) is 7.92. The Balaban J connectivity index is 2.66. The Bertz CT molecular complexity index is 596. The summed E-state index contributed by atoms with van der Waals surface area (Å²) in [6, 6.07) is 6.16. The summed E-state index contributed by atoms with van der Waals surface area (Å²) in [6.45, 7) is 8.86. The van der Waals surface area contributed by atoms with Gasteiger partial charge < -0.3 is 10.3 Å². The first-order chi connectivity index (χ1) is 8.84. The normalized spacial score (nSPS) is 11.9. The molecule has 0 bridgehead atoms.